The molecular formula is C13H20N2O. The second-order valence-corrected chi connectivity index (χ2v) is 4.12. The van der Waals surface area contributed by atoms with Gasteiger partial charge in [0.05, 0.1) is 6.61 Å². The molecule has 0 unspecified atom stereocenters. The standard InChI is InChI=1S/C13H20N2O/c14-7-6-12-4-1-2-5-13(12)15-8-3-10-16-11-9-15/h1-2,4-5H,3,6-11,14H2. The summed E-state index contributed by atoms with van der Waals surface area (Å²) in [6.07, 6.45) is 2.06. The lowest BCUT2D eigenvalue weighted by atomic mass is 10.1. The fraction of sp³-hybridized carbons (Fsp3) is 0.538. The summed E-state index contributed by atoms with van der Waals surface area (Å²) in [5.41, 5.74) is 8.33. The summed E-state index contributed by atoms with van der Waals surface area (Å²) >= 11 is 0. The van der Waals surface area contributed by atoms with E-state index < -0.39 is 0 Å². The van der Waals surface area contributed by atoms with E-state index in [0.717, 1.165) is 39.1 Å². The van der Waals surface area contributed by atoms with E-state index in [4.69, 9.17) is 10.5 Å². The first-order chi connectivity index (χ1) is 7.92. The maximum atomic E-state index is 5.65. The van der Waals surface area contributed by atoms with Crippen LogP contribution in [0.15, 0.2) is 24.3 Å². The first-order valence-electron chi connectivity index (χ1n) is 6.02. The molecule has 1 heterocycles. The third kappa shape index (κ3) is 2.74. The highest BCUT2D eigenvalue weighted by Crippen LogP contribution is 2.21. The monoisotopic (exact) mass is 220 g/mol. The van der Waals surface area contributed by atoms with Crippen LogP contribution < -0.4 is 10.6 Å². The van der Waals surface area contributed by atoms with E-state index in [0.29, 0.717) is 6.54 Å². The van der Waals surface area contributed by atoms with Gasteiger partial charge in [-0.25, -0.2) is 0 Å². The van der Waals surface area contributed by atoms with Crippen LogP contribution in [0.3, 0.4) is 0 Å². The van der Waals surface area contributed by atoms with Crippen LogP contribution in [0.25, 0.3) is 0 Å². The molecule has 1 saturated heterocycles. The van der Waals surface area contributed by atoms with Gasteiger partial charge < -0.3 is 15.4 Å². The molecule has 0 aromatic heterocycles. The van der Waals surface area contributed by atoms with E-state index in [9.17, 15) is 0 Å². The van der Waals surface area contributed by atoms with Gasteiger partial charge in [-0.2, -0.15) is 0 Å². The Kier molecular flexibility index (Phi) is 4.19. The van der Waals surface area contributed by atoms with Gasteiger partial charge in [-0.1, -0.05) is 18.2 Å². The third-order valence-corrected chi connectivity index (χ3v) is 2.97. The van der Waals surface area contributed by atoms with Crippen molar-refractivity contribution in [2.24, 2.45) is 5.73 Å². The molecule has 3 nitrogen and oxygen atoms in total. The smallest absolute Gasteiger partial charge is 0.0641 e. The Balaban J connectivity index is 2.16. The Hall–Kier alpha value is -1.06. The topological polar surface area (TPSA) is 38.5 Å². The van der Waals surface area contributed by atoms with Gasteiger partial charge in [0.1, 0.15) is 0 Å². The van der Waals surface area contributed by atoms with Crippen molar-refractivity contribution < 1.29 is 4.74 Å². The molecule has 3 heteroatoms. The molecule has 0 saturated carbocycles. The molecule has 0 bridgehead atoms. The number of hydrogen-bond acceptors (Lipinski definition) is 3. The van der Waals surface area contributed by atoms with Gasteiger partial charge in [0.2, 0.25) is 0 Å². The van der Waals surface area contributed by atoms with Gasteiger partial charge in [0.15, 0.2) is 0 Å². The van der Waals surface area contributed by atoms with E-state index in [2.05, 4.69) is 29.2 Å². The van der Waals surface area contributed by atoms with E-state index in [-0.39, 0.29) is 0 Å². The van der Waals surface area contributed by atoms with Gasteiger partial charge in [-0.3, -0.25) is 0 Å². The summed E-state index contributed by atoms with van der Waals surface area (Å²) in [6.45, 7) is 4.50. The molecule has 0 amide bonds. The van der Waals surface area contributed by atoms with Crippen molar-refractivity contribution >= 4 is 5.69 Å². The summed E-state index contributed by atoms with van der Waals surface area (Å²) in [7, 11) is 0. The zero-order valence-electron chi connectivity index (χ0n) is 9.69. The van der Waals surface area contributed by atoms with E-state index >= 15 is 0 Å². The average Bonchev–Trinajstić information content (AvgIpc) is 2.59. The first kappa shape index (κ1) is 11.4. The lowest BCUT2D eigenvalue weighted by molar-refractivity contribution is 0.152. The average molecular weight is 220 g/mol. The van der Waals surface area contributed by atoms with Crippen molar-refractivity contribution in [3.63, 3.8) is 0 Å². The summed E-state index contributed by atoms with van der Waals surface area (Å²) in [4.78, 5) is 2.41. The molecule has 88 valence electrons. The molecule has 1 aromatic rings. The lowest BCUT2D eigenvalue weighted by Crippen LogP contribution is -2.27. The number of para-hydroxylation sites is 1. The molecule has 0 spiro atoms. The molecule has 1 aliphatic rings. The Morgan fingerprint density at radius 3 is 2.94 bits per heavy atom. The second kappa shape index (κ2) is 5.87. The highest BCUT2D eigenvalue weighted by Gasteiger charge is 2.12. The Morgan fingerprint density at radius 1 is 1.19 bits per heavy atom. The van der Waals surface area contributed by atoms with Crippen LogP contribution in [0.5, 0.6) is 0 Å². The van der Waals surface area contributed by atoms with Crippen molar-refractivity contribution in [2.45, 2.75) is 12.8 Å². The highest BCUT2D eigenvalue weighted by molar-refractivity contribution is 5.53. The van der Waals surface area contributed by atoms with Crippen LogP contribution in [0.4, 0.5) is 5.69 Å². The molecular weight excluding hydrogens is 200 g/mol. The predicted octanol–water partition coefficient (Wildman–Crippen LogP) is 1.41. The molecule has 0 aliphatic carbocycles. The summed E-state index contributed by atoms with van der Waals surface area (Å²) in [5.74, 6) is 0. The Bertz CT molecular complexity index is 319. The Labute approximate surface area is 97.2 Å². The number of ether oxygens (including phenoxy) is 1. The van der Waals surface area contributed by atoms with Gasteiger partial charge in [-0.05, 0) is 31.0 Å². The molecule has 16 heavy (non-hydrogen) atoms. The number of benzene rings is 1. The minimum absolute atomic E-state index is 0.710. The maximum absolute atomic E-state index is 5.65. The number of hydrogen-bond donors (Lipinski definition) is 1. The molecule has 0 atom stereocenters. The normalized spacial score (nSPS) is 17.2. The molecule has 1 fully saturated rings. The minimum atomic E-state index is 0.710. The largest absolute Gasteiger partial charge is 0.380 e. The zero-order chi connectivity index (χ0) is 11.2. The SMILES string of the molecule is NCCc1ccccc1N1CCCOCC1. The van der Waals surface area contributed by atoms with Crippen LogP contribution in [0.2, 0.25) is 0 Å². The first-order valence-corrected chi connectivity index (χ1v) is 6.02. The van der Waals surface area contributed by atoms with Gasteiger partial charge in [-0.15, -0.1) is 0 Å². The van der Waals surface area contributed by atoms with E-state index in [1.54, 1.807) is 0 Å². The number of rotatable bonds is 3. The van der Waals surface area contributed by atoms with Crippen LogP contribution in [0, 0.1) is 0 Å². The summed E-state index contributed by atoms with van der Waals surface area (Å²) < 4.78 is 5.48. The fourth-order valence-electron chi connectivity index (χ4n) is 2.17. The van der Waals surface area contributed by atoms with Crippen LogP contribution in [-0.4, -0.2) is 32.8 Å². The van der Waals surface area contributed by atoms with Gasteiger partial charge in [0.25, 0.3) is 0 Å². The third-order valence-electron chi connectivity index (χ3n) is 2.97. The predicted molar refractivity (Wildman–Crippen MR) is 66.8 cm³/mol. The Morgan fingerprint density at radius 2 is 2.06 bits per heavy atom. The van der Waals surface area contributed by atoms with Crippen molar-refractivity contribution in [1.29, 1.82) is 0 Å². The van der Waals surface area contributed by atoms with Crippen molar-refractivity contribution in [3.05, 3.63) is 29.8 Å². The molecule has 1 aromatic carbocycles. The van der Waals surface area contributed by atoms with Crippen molar-refractivity contribution in [3.8, 4) is 0 Å². The highest BCUT2D eigenvalue weighted by atomic mass is 16.5. The van der Waals surface area contributed by atoms with Crippen LogP contribution in [-0.2, 0) is 11.2 Å². The van der Waals surface area contributed by atoms with Gasteiger partial charge >= 0.3 is 0 Å². The minimum Gasteiger partial charge on any atom is -0.380 e. The molecule has 2 N–H and O–H groups in total. The van der Waals surface area contributed by atoms with Crippen LogP contribution >= 0.6 is 0 Å². The summed E-state index contributed by atoms with van der Waals surface area (Å²) in [6, 6.07) is 8.55. The number of anilines is 1. The summed E-state index contributed by atoms with van der Waals surface area (Å²) in [5, 5.41) is 0. The quantitative estimate of drug-likeness (QED) is 0.837. The number of nitrogens with zero attached hydrogens (tertiary/aromatic N) is 1. The lowest BCUT2D eigenvalue weighted by Gasteiger charge is -2.24. The molecule has 0 radical (unpaired) electrons. The van der Waals surface area contributed by atoms with E-state index in [1.807, 2.05) is 0 Å². The van der Waals surface area contributed by atoms with Gasteiger partial charge in [0, 0.05) is 25.4 Å². The van der Waals surface area contributed by atoms with Crippen LogP contribution in [0.1, 0.15) is 12.0 Å². The zero-order valence-corrected chi connectivity index (χ0v) is 9.69. The number of nitrogens with two attached hydrogens (primary N) is 1. The van der Waals surface area contributed by atoms with E-state index in [1.165, 1.54) is 11.3 Å². The molecule has 1 aliphatic heterocycles. The fourth-order valence-corrected chi connectivity index (χ4v) is 2.17. The van der Waals surface area contributed by atoms with Crippen molar-refractivity contribution in [1.82, 2.24) is 0 Å². The van der Waals surface area contributed by atoms with Crippen molar-refractivity contribution in [2.75, 3.05) is 37.7 Å². The maximum Gasteiger partial charge on any atom is 0.0641 e. The molecule has 2 rings (SSSR count). The second-order valence-electron chi connectivity index (χ2n) is 4.12.